The van der Waals surface area contributed by atoms with Crippen molar-refractivity contribution in [2.24, 2.45) is 52.3 Å². The minimum atomic E-state index is -0.0800. The highest BCUT2D eigenvalue weighted by Crippen LogP contribution is 3.10. The lowest BCUT2D eigenvalue weighted by molar-refractivity contribution is -0.626. The summed E-state index contributed by atoms with van der Waals surface area (Å²) in [5.41, 5.74) is 0.0150. The maximum atomic E-state index is 13.0. The molecular weight excluding hydrogens is 252 g/mol. The van der Waals surface area contributed by atoms with Crippen LogP contribution >= 0.6 is 0 Å². The highest BCUT2D eigenvalue weighted by Gasteiger charge is 3.13. The molecule has 0 atom stereocenters. The van der Waals surface area contributed by atoms with Crippen LogP contribution in [0.25, 0.3) is 0 Å². The van der Waals surface area contributed by atoms with Gasteiger partial charge in [0.05, 0.1) is 12.5 Å². The van der Waals surface area contributed by atoms with E-state index >= 15 is 0 Å². The molecule has 0 N–H and O–H groups in total. The lowest BCUT2D eigenvalue weighted by atomic mass is 8.92. The number of Topliss-reactive ketones (excluding diaryl/α,β-unsaturated/α-hetero) is 1. The van der Waals surface area contributed by atoms with Gasteiger partial charge in [-0.15, -0.1) is 0 Å². The smallest absolute Gasteiger partial charge is 0.312 e. The molecule has 7 saturated carbocycles. The van der Waals surface area contributed by atoms with Gasteiger partial charge in [-0.1, -0.05) is 19.3 Å². The quantitative estimate of drug-likeness (QED) is 0.738. The maximum Gasteiger partial charge on any atom is 0.312 e. The predicted molar refractivity (Wildman–Crippen MR) is 69.4 cm³/mol. The van der Waals surface area contributed by atoms with Crippen molar-refractivity contribution in [1.82, 2.24) is 0 Å². The minimum Gasteiger partial charge on any atom is -0.469 e. The summed E-state index contributed by atoms with van der Waals surface area (Å²) < 4.78 is 5.05. The largest absolute Gasteiger partial charge is 0.469 e. The van der Waals surface area contributed by atoms with Crippen LogP contribution in [-0.4, -0.2) is 18.9 Å². The molecule has 0 spiro atoms. The maximum absolute atomic E-state index is 13.0. The zero-order chi connectivity index (χ0) is 13.4. The summed E-state index contributed by atoms with van der Waals surface area (Å²) in [5.74, 6) is 4.44. The van der Waals surface area contributed by atoms with Crippen LogP contribution in [0.5, 0.6) is 0 Å². The fraction of sp³-hybridized carbons (Fsp3) is 0.882. The lowest BCUT2D eigenvalue weighted by Crippen LogP contribution is -3.12. The van der Waals surface area contributed by atoms with Crippen LogP contribution in [-0.2, 0) is 14.3 Å². The third-order valence-corrected chi connectivity index (χ3v) is 8.57. The van der Waals surface area contributed by atoms with E-state index in [0.717, 1.165) is 12.8 Å². The van der Waals surface area contributed by atoms with Crippen LogP contribution in [0.1, 0.15) is 32.1 Å². The second-order valence-corrected chi connectivity index (χ2v) is 8.21. The van der Waals surface area contributed by atoms with Crippen molar-refractivity contribution in [2.75, 3.05) is 7.11 Å². The average Bonchev–Trinajstić information content (AvgIpc) is 2.53. The summed E-state index contributed by atoms with van der Waals surface area (Å²) in [6, 6.07) is 0. The van der Waals surface area contributed by atoms with Gasteiger partial charge < -0.3 is 4.74 Å². The fourth-order valence-corrected chi connectivity index (χ4v) is 8.32. The predicted octanol–water partition coefficient (Wildman–Crippen LogP) is 2.05. The van der Waals surface area contributed by atoms with Gasteiger partial charge in [-0.05, 0) is 48.3 Å². The summed E-state index contributed by atoms with van der Waals surface area (Å²) in [4.78, 5) is 25.1. The summed E-state index contributed by atoms with van der Waals surface area (Å²) in [6.07, 6.45) is 6.07. The van der Waals surface area contributed by atoms with Crippen LogP contribution in [0.4, 0.5) is 0 Å². The van der Waals surface area contributed by atoms with E-state index < -0.39 is 0 Å². The number of ketones is 1. The van der Waals surface area contributed by atoms with E-state index in [0.29, 0.717) is 47.2 Å². The molecule has 7 aliphatic rings. The van der Waals surface area contributed by atoms with Crippen molar-refractivity contribution < 1.29 is 14.3 Å². The molecular formula is C17H20O3. The van der Waals surface area contributed by atoms with Gasteiger partial charge in [0.15, 0.2) is 0 Å². The monoisotopic (exact) mass is 272 g/mol. The normalized spacial score (nSPS) is 62.9. The first-order valence-electron chi connectivity index (χ1n) is 8.36. The molecule has 0 bridgehead atoms. The van der Waals surface area contributed by atoms with Gasteiger partial charge in [0, 0.05) is 11.3 Å². The first-order valence-corrected chi connectivity index (χ1v) is 8.36. The Morgan fingerprint density at radius 1 is 0.850 bits per heavy atom. The van der Waals surface area contributed by atoms with Crippen molar-refractivity contribution >= 4 is 11.8 Å². The third kappa shape index (κ3) is 0.616. The highest BCUT2D eigenvalue weighted by molar-refractivity contribution is 6.00. The third-order valence-electron chi connectivity index (χ3n) is 8.57. The molecule has 0 aliphatic heterocycles. The Labute approximate surface area is 118 Å². The SMILES string of the molecule is COC(=O)C12C3C4C1C1C2C3C41C(=O)C1CCCCC1. The number of carbonyl (C=O) groups is 2. The fourth-order valence-electron chi connectivity index (χ4n) is 8.32. The number of esters is 1. The number of rotatable bonds is 3. The van der Waals surface area contributed by atoms with Gasteiger partial charge in [-0.2, -0.15) is 0 Å². The van der Waals surface area contributed by atoms with Crippen molar-refractivity contribution in [1.29, 1.82) is 0 Å². The molecule has 0 amide bonds. The number of carbonyl (C=O) groups excluding carboxylic acids is 2. The van der Waals surface area contributed by atoms with Crippen molar-refractivity contribution in [3.63, 3.8) is 0 Å². The second kappa shape index (κ2) is 2.74. The highest BCUT2D eigenvalue weighted by atomic mass is 16.5. The first kappa shape index (κ1) is 10.8. The molecule has 7 fully saturated rings. The van der Waals surface area contributed by atoms with Gasteiger partial charge in [-0.3, -0.25) is 9.59 Å². The Balaban J connectivity index is 1.30. The van der Waals surface area contributed by atoms with E-state index in [-0.39, 0.29) is 16.8 Å². The Morgan fingerprint density at radius 3 is 1.85 bits per heavy atom. The van der Waals surface area contributed by atoms with Gasteiger partial charge >= 0.3 is 5.97 Å². The van der Waals surface area contributed by atoms with Gasteiger partial charge in [0.2, 0.25) is 0 Å². The van der Waals surface area contributed by atoms with Crippen LogP contribution in [0.2, 0.25) is 0 Å². The average molecular weight is 272 g/mol. The van der Waals surface area contributed by atoms with Crippen LogP contribution in [0, 0.1) is 52.3 Å². The zero-order valence-corrected chi connectivity index (χ0v) is 11.8. The number of hydrogen-bond acceptors (Lipinski definition) is 3. The van der Waals surface area contributed by atoms with E-state index in [1.54, 1.807) is 0 Å². The molecule has 0 aromatic carbocycles. The summed E-state index contributed by atoms with van der Waals surface area (Å²) in [6.45, 7) is 0. The summed E-state index contributed by atoms with van der Waals surface area (Å²) in [7, 11) is 1.52. The summed E-state index contributed by atoms with van der Waals surface area (Å²) in [5, 5.41) is 0. The first-order chi connectivity index (χ1) is 9.73. The van der Waals surface area contributed by atoms with Crippen LogP contribution < -0.4 is 0 Å². The van der Waals surface area contributed by atoms with E-state index in [9.17, 15) is 9.59 Å². The number of ether oxygens (including phenoxy) is 1. The van der Waals surface area contributed by atoms with Crippen molar-refractivity contribution in [2.45, 2.75) is 32.1 Å². The zero-order valence-electron chi connectivity index (χ0n) is 11.8. The minimum absolute atomic E-state index is 0.0414. The Hall–Kier alpha value is -0.860. The molecule has 0 aromatic rings. The molecule has 106 valence electrons. The molecule has 0 saturated heterocycles. The van der Waals surface area contributed by atoms with Gasteiger partial charge in [0.1, 0.15) is 5.78 Å². The Kier molecular flexibility index (Phi) is 1.48. The van der Waals surface area contributed by atoms with E-state index in [1.807, 2.05) is 0 Å². The molecule has 7 rings (SSSR count). The van der Waals surface area contributed by atoms with Gasteiger partial charge in [0.25, 0.3) is 0 Å². The molecule has 0 unspecified atom stereocenters. The van der Waals surface area contributed by atoms with E-state index in [2.05, 4.69) is 0 Å². The standard InChI is InChI=1S/C17H20O3/c1-20-15(19)17-11-8-12(17)10-13(17)9(11)16(8,10)14(18)7-5-3-2-4-6-7/h7-13H,2-6H2,1H3. The topological polar surface area (TPSA) is 43.4 Å². The number of methoxy groups -OCH3 is 1. The molecule has 3 heteroatoms. The molecule has 0 radical (unpaired) electrons. The summed E-state index contributed by atoms with van der Waals surface area (Å²) >= 11 is 0. The van der Waals surface area contributed by atoms with Crippen molar-refractivity contribution in [3.8, 4) is 0 Å². The molecule has 3 nitrogen and oxygen atoms in total. The molecule has 7 aliphatic carbocycles. The lowest BCUT2D eigenvalue weighted by Gasteiger charge is -3.09. The molecule has 20 heavy (non-hydrogen) atoms. The van der Waals surface area contributed by atoms with E-state index in [4.69, 9.17) is 4.74 Å². The molecule has 0 heterocycles. The van der Waals surface area contributed by atoms with Crippen LogP contribution in [0.3, 0.4) is 0 Å². The van der Waals surface area contributed by atoms with E-state index in [1.165, 1.54) is 26.4 Å². The van der Waals surface area contributed by atoms with Crippen molar-refractivity contribution in [3.05, 3.63) is 0 Å². The Morgan fingerprint density at radius 2 is 1.35 bits per heavy atom. The number of hydrogen-bond donors (Lipinski definition) is 0. The second-order valence-electron chi connectivity index (χ2n) is 8.21. The van der Waals surface area contributed by atoms with Crippen LogP contribution in [0.15, 0.2) is 0 Å². The van der Waals surface area contributed by atoms with Gasteiger partial charge in [-0.25, -0.2) is 0 Å². The Bertz CT molecular complexity index is 517. The molecule has 0 aromatic heterocycles.